The van der Waals surface area contributed by atoms with Crippen LogP contribution >= 0.6 is 11.6 Å². The summed E-state index contributed by atoms with van der Waals surface area (Å²) in [5.41, 5.74) is 0.741. The molecular weight excluding hydrogens is 264 g/mol. The number of aromatic nitrogens is 1. The molecule has 0 radical (unpaired) electrons. The van der Waals surface area contributed by atoms with Gasteiger partial charge < -0.3 is 14.7 Å². The van der Waals surface area contributed by atoms with Crippen LogP contribution in [0.2, 0.25) is 5.02 Å². The van der Waals surface area contributed by atoms with Crippen LogP contribution in [0.15, 0.2) is 12.3 Å². The van der Waals surface area contributed by atoms with Crippen molar-refractivity contribution in [3.63, 3.8) is 0 Å². The Kier molecular flexibility index (Phi) is 3.91. The predicted octanol–water partition coefficient (Wildman–Crippen LogP) is 2.38. The van der Waals surface area contributed by atoms with E-state index >= 15 is 0 Å². The number of nitrogens with zero attached hydrogens (tertiary/aromatic N) is 2. The standard InChI is InChI=1S/C14H19ClN2O2/c15-11-8-16-14(7-10(11)9-18)17-5-6-19-13-4-2-1-3-12(13)17/h7-8,12-13,18H,1-6,9H2. The van der Waals surface area contributed by atoms with Gasteiger partial charge in [-0.3, -0.25) is 0 Å². The van der Waals surface area contributed by atoms with Gasteiger partial charge in [-0.05, 0) is 18.9 Å². The average Bonchev–Trinajstić information content (AvgIpc) is 2.47. The van der Waals surface area contributed by atoms with Gasteiger partial charge in [0.05, 0.1) is 30.4 Å². The zero-order chi connectivity index (χ0) is 13.2. The van der Waals surface area contributed by atoms with E-state index < -0.39 is 0 Å². The molecule has 19 heavy (non-hydrogen) atoms. The molecule has 1 saturated heterocycles. The van der Waals surface area contributed by atoms with Crippen molar-refractivity contribution in [3.8, 4) is 0 Å². The Morgan fingerprint density at radius 3 is 3.11 bits per heavy atom. The summed E-state index contributed by atoms with van der Waals surface area (Å²) in [6.45, 7) is 1.56. The fourth-order valence-electron chi connectivity index (χ4n) is 3.13. The highest BCUT2D eigenvalue weighted by molar-refractivity contribution is 6.31. The van der Waals surface area contributed by atoms with Crippen LogP contribution in [0.3, 0.4) is 0 Å². The van der Waals surface area contributed by atoms with Crippen molar-refractivity contribution in [2.24, 2.45) is 0 Å². The second-order valence-electron chi connectivity index (χ2n) is 5.25. The molecule has 0 bridgehead atoms. The highest BCUT2D eigenvalue weighted by Gasteiger charge is 2.34. The van der Waals surface area contributed by atoms with Crippen molar-refractivity contribution in [1.82, 2.24) is 4.98 Å². The number of hydrogen-bond donors (Lipinski definition) is 1. The Morgan fingerprint density at radius 1 is 1.42 bits per heavy atom. The lowest BCUT2D eigenvalue weighted by Gasteiger charge is -2.44. The molecule has 1 aromatic heterocycles. The summed E-state index contributed by atoms with van der Waals surface area (Å²) in [4.78, 5) is 6.75. The van der Waals surface area contributed by atoms with Gasteiger partial charge in [0, 0.05) is 18.3 Å². The number of rotatable bonds is 2. The summed E-state index contributed by atoms with van der Waals surface area (Å²) in [6, 6.07) is 2.32. The first-order chi connectivity index (χ1) is 9.29. The lowest BCUT2D eigenvalue weighted by molar-refractivity contribution is -0.00899. The first-order valence-electron chi connectivity index (χ1n) is 6.93. The second kappa shape index (κ2) is 5.65. The SMILES string of the molecule is OCc1cc(N2CCOC3CCCCC32)ncc1Cl. The van der Waals surface area contributed by atoms with E-state index in [9.17, 15) is 5.11 Å². The summed E-state index contributed by atoms with van der Waals surface area (Å²) >= 11 is 6.01. The molecule has 2 unspecified atom stereocenters. The van der Waals surface area contributed by atoms with Crippen LogP contribution in [0, 0.1) is 0 Å². The first-order valence-corrected chi connectivity index (χ1v) is 7.31. The molecule has 0 aromatic carbocycles. The van der Waals surface area contributed by atoms with Crippen molar-refractivity contribution in [1.29, 1.82) is 0 Å². The lowest BCUT2D eigenvalue weighted by atomic mass is 9.90. The van der Waals surface area contributed by atoms with Crippen LogP contribution in [-0.4, -0.2) is 35.4 Å². The van der Waals surface area contributed by atoms with E-state index in [2.05, 4.69) is 9.88 Å². The van der Waals surface area contributed by atoms with Crippen LogP contribution in [-0.2, 0) is 11.3 Å². The maximum absolute atomic E-state index is 9.32. The van der Waals surface area contributed by atoms with Gasteiger partial charge in [0.15, 0.2) is 0 Å². The Hall–Kier alpha value is -0.840. The number of halogens is 1. The summed E-state index contributed by atoms with van der Waals surface area (Å²) in [7, 11) is 0. The Labute approximate surface area is 118 Å². The van der Waals surface area contributed by atoms with Gasteiger partial charge in [0.2, 0.25) is 0 Å². The van der Waals surface area contributed by atoms with E-state index in [0.717, 1.165) is 37.4 Å². The van der Waals surface area contributed by atoms with Crippen LogP contribution in [0.25, 0.3) is 0 Å². The summed E-state index contributed by atoms with van der Waals surface area (Å²) < 4.78 is 5.87. The molecule has 0 spiro atoms. The third kappa shape index (κ3) is 2.57. The van der Waals surface area contributed by atoms with Gasteiger partial charge >= 0.3 is 0 Å². The summed E-state index contributed by atoms with van der Waals surface area (Å²) in [5.74, 6) is 0.911. The molecule has 1 saturated carbocycles. The van der Waals surface area contributed by atoms with Gasteiger partial charge in [-0.15, -0.1) is 0 Å². The van der Waals surface area contributed by atoms with E-state index in [4.69, 9.17) is 16.3 Å². The minimum Gasteiger partial charge on any atom is -0.392 e. The third-order valence-corrected chi connectivity index (χ3v) is 4.46. The van der Waals surface area contributed by atoms with Crippen molar-refractivity contribution in [3.05, 3.63) is 22.8 Å². The molecule has 1 aromatic rings. The van der Waals surface area contributed by atoms with Crippen molar-refractivity contribution in [2.45, 2.75) is 44.4 Å². The molecule has 1 aliphatic carbocycles. The number of hydrogen-bond acceptors (Lipinski definition) is 4. The largest absolute Gasteiger partial charge is 0.392 e. The quantitative estimate of drug-likeness (QED) is 0.905. The molecule has 0 amide bonds. The maximum atomic E-state index is 9.32. The molecule has 4 nitrogen and oxygen atoms in total. The van der Waals surface area contributed by atoms with Gasteiger partial charge in [-0.2, -0.15) is 0 Å². The molecule has 2 aliphatic rings. The van der Waals surface area contributed by atoms with Gasteiger partial charge in [-0.1, -0.05) is 24.4 Å². The zero-order valence-electron chi connectivity index (χ0n) is 10.9. The van der Waals surface area contributed by atoms with E-state index in [1.807, 2.05) is 6.07 Å². The highest BCUT2D eigenvalue weighted by atomic mass is 35.5. The van der Waals surface area contributed by atoms with Crippen LogP contribution in [0.5, 0.6) is 0 Å². The number of fused-ring (bicyclic) bond motifs is 1. The van der Waals surface area contributed by atoms with Crippen LogP contribution in [0.1, 0.15) is 31.2 Å². The Bertz CT molecular complexity index is 453. The van der Waals surface area contributed by atoms with Crippen LogP contribution < -0.4 is 4.90 Å². The second-order valence-corrected chi connectivity index (χ2v) is 5.65. The van der Waals surface area contributed by atoms with Gasteiger partial charge in [0.1, 0.15) is 5.82 Å². The van der Waals surface area contributed by atoms with E-state index in [0.29, 0.717) is 17.2 Å². The number of pyridine rings is 1. The Morgan fingerprint density at radius 2 is 2.26 bits per heavy atom. The fraction of sp³-hybridized carbons (Fsp3) is 0.643. The molecule has 1 N–H and O–H groups in total. The molecule has 2 fully saturated rings. The zero-order valence-corrected chi connectivity index (χ0v) is 11.6. The summed E-state index contributed by atoms with van der Waals surface area (Å²) in [5, 5.41) is 9.85. The molecular formula is C14H19ClN2O2. The Balaban J connectivity index is 1.87. The minimum atomic E-state index is -0.0488. The van der Waals surface area contributed by atoms with E-state index in [-0.39, 0.29) is 6.61 Å². The summed E-state index contributed by atoms with van der Waals surface area (Å²) in [6.07, 6.45) is 6.77. The van der Waals surface area contributed by atoms with Crippen molar-refractivity contribution in [2.75, 3.05) is 18.1 Å². The minimum absolute atomic E-state index is 0.0488. The average molecular weight is 283 g/mol. The molecule has 2 heterocycles. The predicted molar refractivity (Wildman–Crippen MR) is 74.5 cm³/mol. The van der Waals surface area contributed by atoms with Crippen LogP contribution in [0.4, 0.5) is 5.82 Å². The first kappa shape index (κ1) is 13.2. The topological polar surface area (TPSA) is 45.6 Å². The number of anilines is 1. The molecule has 5 heteroatoms. The molecule has 3 rings (SSSR count). The van der Waals surface area contributed by atoms with E-state index in [1.54, 1.807) is 6.20 Å². The highest BCUT2D eigenvalue weighted by Crippen LogP contribution is 2.32. The fourth-order valence-corrected chi connectivity index (χ4v) is 3.29. The molecule has 2 atom stereocenters. The normalized spacial score (nSPS) is 27.2. The van der Waals surface area contributed by atoms with Gasteiger partial charge in [0.25, 0.3) is 0 Å². The maximum Gasteiger partial charge on any atom is 0.129 e. The monoisotopic (exact) mass is 282 g/mol. The molecule has 104 valence electrons. The van der Waals surface area contributed by atoms with Crippen molar-refractivity contribution < 1.29 is 9.84 Å². The van der Waals surface area contributed by atoms with E-state index in [1.165, 1.54) is 12.8 Å². The van der Waals surface area contributed by atoms with Crippen molar-refractivity contribution >= 4 is 17.4 Å². The number of aliphatic hydroxyl groups excluding tert-OH is 1. The molecule has 1 aliphatic heterocycles. The lowest BCUT2D eigenvalue weighted by Crippen LogP contribution is -2.53. The van der Waals surface area contributed by atoms with Gasteiger partial charge in [-0.25, -0.2) is 4.98 Å². The number of aliphatic hydroxyl groups is 1. The number of ether oxygens (including phenoxy) is 1. The smallest absolute Gasteiger partial charge is 0.129 e. The third-order valence-electron chi connectivity index (χ3n) is 4.12. The number of morpholine rings is 1.